The fourth-order valence-corrected chi connectivity index (χ4v) is 5.73. The SMILES string of the molecule is COC(=O)C(C)CSC1CS(=O)(=O)c2ccccc21. The van der Waals surface area contributed by atoms with Crippen LogP contribution in [0.5, 0.6) is 0 Å². The summed E-state index contributed by atoms with van der Waals surface area (Å²) in [6.45, 7) is 1.79. The summed E-state index contributed by atoms with van der Waals surface area (Å²) >= 11 is 1.50. The molecule has 1 aliphatic rings. The Morgan fingerprint density at radius 3 is 2.84 bits per heavy atom. The van der Waals surface area contributed by atoms with E-state index in [1.807, 2.05) is 12.1 Å². The highest BCUT2D eigenvalue weighted by Gasteiger charge is 2.35. The minimum Gasteiger partial charge on any atom is -0.469 e. The molecule has 0 aromatic heterocycles. The lowest BCUT2D eigenvalue weighted by molar-refractivity contribution is -0.143. The predicted octanol–water partition coefficient (Wildman–Crippen LogP) is 2.06. The molecule has 1 aliphatic heterocycles. The first-order valence-corrected chi connectivity index (χ1v) is 8.67. The number of rotatable bonds is 4. The number of carbonyl (C=O) groups excluding carboxylic acids is 1. The number of carbonyl (C=O) groups is 1. The van der Waals surface area contributed by atoms with Crippen molar-refractivity contribution in [3.63, 3.8) is 0 Å². The molecule has 2 rings (SSSR count). The van der Waals surface area contributed by atoms with E-state index in [1.165, 1.54) is 18.9 Å². The van der Waals surface area contributed by atoms with Gasteiger partial charge in [-0.3, -0.25) is 4.79 Å². The van der Waals surface area contributed by atoms with E-state index < -0.39 is 9.84 Å². The fraction of sp³-hybridized carbons (Fsp3) is 0.462. The second kappa shape index (κ2) is 5.54. The summed E-state index contributed by atoms with van der Waals surface area (Å²) < 4.78 is 28.7. The molecule has 1 aromatic rings. The van der Waals surface area contributed by atoms with Crippen molar-refractivity contribution in [2.24, 2.45) is 5.92 Å². The number of ether oxygens (including phenoxy) is 1. The topological polar surface area (TPSA) is 60.4 Å². The van der Waals surface area contributed by atoms with Gasteiger partial charge in [-0.2, -0.15) is 11.8 Å². The Balaban J connectivity index is 2.10. The van der Waals surface area contributed by atoms with Gasteiger partial charge in [-0.1, -0.05) is 25.1 Å². The quantitative estimate of drug-likeness (QED) is 0.797. The minimum absolute atomic E-state index is 0.0895. The normalized spacial score (nSPS) is 21.7. The van der Waals surface area contributed by atoms with Crippen LogP contribution in [0.15, 0.2) is 29.2 Å². The molecule has 19 heavy (non-hydrogen) atoms. The van der Waals surface area contributed by atoms with Gasteiger partial charge in [0.1, 0.15) is 0 Å². The molecule has 0 fully saturated rings. The Morgan fingerprint density at radius 2 is 2.16 bits per heavy atom. The zero-order valence-electron chi connectivity index (χ0n) is 10.8. The van der Waals surface area contributed by atoms with Crippen molar-refractivity contribution in [3.05, 3.63) is 29.8 Å². The zero-order valence-corrected chi connectivity index (χ0v) is 12.5. The largest absolute Gasteiger partial charge is 0.469 e. The first kappa shape index (κ1) is 14.4. The van der Waals surface area contributed by atoms with E-state index in [4.69, 9.17) is 0 Å². The van der Waals surface area contributed by atoms with E-state index in [0.717, 1.165) is 5.56 Å². The molecule has 4 nitrogen and oxygen atoms in total. The van der Waals surface area contributed by atoms with E-state index in [2.05, 4.69) is 4.74 Å². The number of benzene rings is 1. The molecule has 2 unspecified atom stereocenters. The van der Waals surface area contributed by atoms with E-state index in [9.17, 15) is 13.2 Å². The van der Waals surface area contributed by atoms with Crippen LogP contribution in [0.4, 0.5) is 0 Å². The van der Waals surface area contributed by atoms with Crippen LogP contribution in [0.2, 0.25) is 0 Å². The average Bonchev–Trinajstić information content (AvgIpc) is 2.67. The number of esters is 1. The Kier molecular flexibility index (Phi) is 4.20. The lowest BCUT2D eigenvalue weighted by Crippen LogP contribution is -2.15. The van der Waals surface area contributed by atoms with Crippen molar-refractivity contribution >= 4 is 27.6 Å². The molecular weight excluding hydrogens is 284 g/mol. The van der Waals surface area contributed by atoms with E-state index in [1.54, 1.807) is 19.1 Å². The molecule has 0 radical (unpaired) electrons. The smallest absolute Gasteiger partial charge is 0.309 e. The third kappa shape index (κ3) is 2.95. The Labute approximate surface area is 117 Å². The summed E-state index contributed by atoms with van der Waals surface area (Å²) in [5.41, 5.74) is 0.851. The molecule has 0 N–H and O–H groups in total. The predicted molar refractivity (Wildman–Crippen MR) is 74.9 cm³/mol. The summed E-state index contributed by atoms with van der Waals surface area (Å²) in [5.74, 6) is 0.179. The van der Waals surface area contributed by atoms with Crippen molar-refractivity contribution < 1.29 is 17.9 Å². The lowest BCUT2D eigenvalue weighted by Gasteiger charge is -2.13. The van der Waals surface area contributed by atoms with Crippen LogP contribution in [0.25, 0.3) is 0 Å². The van der Waals surface area contributed by atoms with Crippen LogP contribution in [0.1, 0.15) is 17.7 Å². The Hall–Kier alpha value is -1.01. The molecule has 0 aliphatic carbocycles. The van der Waals surface area contributed by atoms with Crippen molar-refractivity contribution in [3.8, 4) is 0 Å². The minimum atomic E-state index is -3.17. The zero-order chi connectivity index (χ0) is 14.0. The molecule has 0 saturated carbocycles. The summed E-state index contributed by atoms with van der Waals surface area (Å²) in [4.78, 5) is 11.8. The molecular formula is C13H16O4S2. The molecule has 0 saturated heterocycles. The van der Waals surface area contributed by atoms with E-state index >= 15 is 0 Å². The van der Waals surface area contributed by atoms with Gasteiger partial charge < -0.3 is 4.74 Å². The van der Waals surface area contributed by atoms with Crippen LogP contribution in [-0.4, -0.2) is 33.0 Å². The van der Waals surface area contributed by atoms with Gasteiger partial charge in [0.25, 0.3) is 0 Å². The molecule has 0 spiro atoms. The van der Waals surface area contributed by atoms with Gasteiger partial charge in [0.15, 0.2) is 9.84 Å². The monoisotopic (exact) mass is 300 g/mol. The number of sulfone groups is 1. The van der Waals surface area contributed by atoms with Crippen LogP contribution in [0, 0.1) is 5.92 Å². The molecule has 104 valence electrons. The van der Waals surface area contributed by atoms with Crippen LogP contribution in [-0.2, 0) is 19.4 Å². The van der Waals surface area contributed by atoms with Gasteiger partial charge in [0, 0.05) is 11.0 Å². The van der Waals surface area contributed by atoms with Gasteiger partial charge in [0.05, 0.1) is 23.7 Å². The van der Waals surface area contributed by atoms with Crippen molar-refractivity contribution in [1.82, 2.24) is 0 Å². The van der Waals surface area contributed by atoms with E-state index in [0.29, 0.717) is 10.6 Å². The Morgan fingerprint density at radius 1 is 1.47 bits per heavy atom. The fourth-order valence-electron chi connectivity index (χ4n) is 2.08. The molecule has 0 amide bonds. The third-order valence-corrected chi connectivity index (χ3v) is 6.66. The highest BCUT2D eigenvalue weighted by molar-refractivity contribution is 8.01. The number of hydrogen-bond donors (Lipinski definition) is 0. The average molecular weight is 300 g/mol. The van der Waals surface area contributed by atoms with Gasteiger partial charge in [-0.05, 0) is 11.6 Å². The van der Waals surface area contributed by atoms with Crippen molar-refractivity contribution in [2.45, 2.75) is 17.1 Å². The highest BCUT2D eigenvalue weighted by Crippen LogP contribution is 2.42. The lowest BCUT2D eigenvalue weighted by atomic mass is 10.2. The van der Waals surface area contributed by atoms with Crippen LogP contribution >= 0.6 is 11.8 Å². The van der Waals surface area contributed by atoms with Gasteiger partial charge in [-0.15, -0.1) is 0 Å². The second-order valence-corrected chi connectivity index (χ2v) is 7.80. The standard InChI is InChI=1S/C13H16O4S2/c1-9(13(14)17-2)7-18-11-8-19(15,16)12-6-4-3-5-10(11)12/h3-6,9,11H,7-8H2,1-2H3. The number of methoxy groups -OCH3 is 1. The second-order valence-electron chi connectivity index (χ2n) is 4.57. The summed E-state index contributed by atoms with van der Waals surface area (Å²) in [7, 11) is -1.81. The number of fused-ring (bicyclic) bond motifs is 1. The van der Waals surface area contributed by atoms with Crippen LogP contribution < -0.4 is 0 Å². The van der Waals surface area contributed by atoms with Gasteiger partial charge in [0.2, 0.25) is 0 Å². The summed E-state index contributed by atoms with van der Waals surface area (Å²) in [6.07, 6.45) is 0. The molecule has 2 atom stereocenters. The van der Waals surface area contributed by atoms with Crippen LogP contribution in [0.3, 0.4) is 0 Å². The van der Waals surface area contributed by atoms with Crippen molar-refractivity contribution in [2.75, 3.05) is 18.6 Å². The Bertz CT molecular complexity index is 580. The summed E-state index contributed by atoms with van der Waals surface area (Å²) in [6, 6.07) is 7.08. The third-order valence-electron chi connectivity index (χ3n) is 3.12. The van der Waals surface area contributed by atoms with Gasteiger partial charge in [-0.25, -0.2) is 8.42 Å². The number of thioether (sulfide) groups is 1. The van der Waals surface area contributed by atoms with E-state index in [-0.39, 0.29) is 22.9 Å². The van der Waals surface area contributed by atoms with Crippen molar-refractivity contribution in [1.29, 1.82) is 0 Å². The molecule has 0 bridgehead atoms. The molecule has 6 heteroatoms. The first-order chi connectivity index (χ1) is 8.95. The maximum atomic E-state index is 12.0. The maximum absolute atomic E-state index is 12.0. The maximum Gasteiger partial charge on any atom is 0.309 e. The molecule has 1 aromatic carbocycles. The first-order valence-electron chi connectivity index (χ1n) is 5.97. The molecule has 1 heterocycles. The summed E-state index contributed by atoms with van der Waals surface area (Å²) in [5, 5.41) is -0.0895. The number of hydrogen-bond acceptors (Lipinski definition) is 5. The van der Waals surface area contributed by atoms with Gasteiger partial charge >= 0.3 is 5.97 Å². The highest BCUT2D eigenvalue weighted by atomic mass is 32.2.